The normalized spacial score (nSPS) is 11.3. The van der Waals surface area contributed by atoms with Crippen LogP contribution >= 0.6 is 11.6 Å². The summed E-state index contributed by atoms with van der Waals surface area (Å²) in [4.78, 5) is 27.2. The molecule has 1 unspecified atom stereocenters. The van der Waals surface area contributed by atoms with Crippen molar-refractivity contribution in [1.29, 1.82) is 5.26 Å². The van der Waals surface area contributed by atoms with Crippen molar-refractivity contribution in [2.24, 2.45) is 0 Å². The molecule has 10 nitrogen and oxygen atoms in total. The van der Waals surface area contributed by atoms with Crippen molar-refractivity contribution in [3.05, 3.63) is 58.9 Å². The number of amides is 1. The van der Waals surface area contributed by atoms with Gasteiger partial charge in [-0.3, -0.25) is 10.1 Å². The van der Waals surface area contributed by atoms with Crippen LogP contribution in [0.25, 0.3) is 11.3 Å². The fraction of sp³-hybridized carbons (Fsp3) is 0.190. The average molecular weight is 456 g/mol. The number of pyridine rings is 1. The molecule has 2 aromatic heterocycles. The zero-order valence-corrected chi connectivity index (χ0v) is 17.6. The molecule has 0 saturated heterocycles. The summed E-state index contributed by atoms with van der Waals surface area (Å²) in [6, 6.07) is 12.1. The third kappa shape index (κ3) is 5.53. The number of halogens is 1. The predicted octanol–water partition coefficient (Wildman–Crippen LogP) is 4.46. The lowest BCUT2D eigenvalue weighted by Crippen LogP contribution is -2.17. The number of hydrogen-bond acceptors (Lipinski definition) is 8. The van der Waals surface area contributed by atoms with Crippen molar-refractivity contribution < 1.29 is 24.0 Å². The molecule has 164 valence electrons. The summed E-state index contributed by atoms with van der Waals surface area (Å²) in [6.45, 7) is 1.88. The summed E-state index contributed by atoms with van der Waals surface area (Å²) in [5, 5.41) is 27.5. The molecule has 3 rings (SSSR count). The smallest absolute Gasteiger partial charge is 0.412 e. The number of aromatic nitrogens is 2. The zero-order chi connectivity index (χ0) is 23.1. The highest BCUT2D eigenvalue weighted by Gasteiger charge is 2.22. The molecule has 1 amide bonds. The van der Waals surface area contributed by atoms with Crippen molar-refractivity contribution in [3.8, 4) is 17.4 Å². The molecule has 3 aromatic rings. The molecular weight excluding hydrogens is 438 g/mol. The largest absolute Gasteiger partial charge is 0.481 e. The maximum atomic E-state index is 12.5. The minimum atomic E-state index is -0.925. The van der Waals surface area contributed by atoms with E-state index in [1.54, 1.807) is 43.3 Å². The fourth-order valence-corrected chi connectivity index (χ4v) is 3.06. The number of carbonyl (C=O) groups is 2. The van der Waals surface area contributed by atoms with Crippen molar-refractivity contribution in [2.75, 3.05) is 17.2 Å². The second-order valence-corrected chi connectivity index (χ2v) is 6.95. The molecule has 32 heavy (non-hydrogen) atoms. The highest BCUT2D eigenvalue weighted by molar-refractivity contribution is 6.31. The SMILES string of the molecule is CC(OC(=O)Nc1c(C#N)noc1-c1ccc(NCCC(=O)O)nc1)c1ccccc1Cl. The van der Waals surface area contributed by atoms with Crippen molar-refractivity contribution in [2.45, 2.75) is 19.4 Å². The van der Waals surface area contributed by atoms with Crippen LogP contribution in [0.2, 0.25) is 5.02 Å². The molecule has 0 spiro atoms. The fourth-order valence-electron chi connectivity index (χ4n) is 2.77. The van der Waals surface area contributed by atoms with Crippen LogP contribution in [0.5, 0.6) is 0 Å². The Kier molecular flexibility index (Phi) is 7.25. The van der Waals surface area contributed by atoms with Crippen LogP contribution in [-0.2, 0) is 9.53 Å². The molecule has 1 aromatic carbocycles. The number of ether oxygens (including phenoxy) is 1. The second kappa shape index (κ2) is 10.3. The second-order valence-electron chi connectivity index (χ2n) is 6.54. The zero-order valence-electron chi connectivity index (χ0n) is 16.8. The number of rotatable bonds is 8. The van der Waals surface area contributed by atoms with Gasteiger partial charge in [0.1, 0.15) is 23.7 Å². The van der Waals surface area contributed by atoms with Gasteiger partial charge in [-0.05, 0) is 25.1 Å². The molecule has 0 fully saturated rings. The van der Waals surface area contributed by atoms with Gasteiger partial charge in [0.15, 0.2) is 5.76 Å². The molecule has 1 atom stereocenters. The Bertz CT molecular complexity index is 1160. The van der Waals surface area contributed by atoms with E-state index in [1.807, 2.05) is 6.07 Å². The molecule has 11 heteroatoms. The maximum Gasteiger partial charge on any atom is 0.412 e. The number of nitrogens with zero attached hydrogens (tertiary/aromatic N) is 3. The molecule has 0 aliphatic carbocycles. The van der Waals surface area contributed by atoms with Gasteiger partial charge in [0.25, 0.3) is 0 Å². The third-order valence-corrected chi connectivity index (χ3v) is 4.67. The summed E-state index contributed by atoms with van der Waals surface area (Å²) >= 11 is 6.14. The van der Waals surface area contributed by atoms with E-state index >= 15 is 0 Å². The van der Waals surface area contributed by atoms with Crippen LogP contribution < -0.4 is 10.6 Å². The van der Waals surface area contributed by atoms with E-state index in [0.29, 0.717) is 22.0 Å². The number of nitriles is 1. The number of benzene rings is 1. The average Bonchev–Trinajstić information content (AvgIpc) is 3.16. The standard InChI is InChI=1S/C21H18ClN5O5/c1-12(14-4-2-3-5-15(14)22)31-21(30)26-19-16(10-23)27-32-20(19)13-6-7-17(25-11-13)24-9-8-18(28)29/h2-7,11-12H,8-9H2,1H3,(H,24,25)(H,26,30)(H,28,29). The molecule has 3 N–H and O–H groups in total. The number of hydrogen-bond donors (Lipinski definition) is 3. The van der Waals surface area contributed by atoms with E-state index in [-0.39, 0.29) is 30.1 Å². The van der Waals surface area contributed by atoms with Crippen LogP contribution in [0.15, 0.2) is 47.1 Å². The Morgan fingerprint density at radius 3 is 2.75 bits per heavy atom. The van der Waals surface area contributed by atoms with Crippen LogP contribution in [0.1, 0.15) is 30.7 Å². The van der Waals surface area contributed by atoms with Crippen LogP contribution in [0, 0.1) is 11.3 Å². The topological polar surface area (TPSA) is 150 Å². The van der Waals surface area contributed by atoms with Crippen molar-refractivity contribution in [3.63, 3.8) is 0 Å². The summed E-state index contributed by atoms with van der Waals surface area (Å²) in [7, 11) is 0. The maximum absolute atomic E-state index is 12.5. The highest BCUT2D eigenvalue weighted by atomic mass is 35.5. The lowest BCUT2D eigenvalue weighted by atomic mass is 10.1. The van der Waals surface area contributed by atoms with Crippen LogP contribution in [0.4, 0.5) is 16.3 Å². The minimum Gasteiger partial charge on any atom is -0.481 e. The predicted molar refractivity (Wildman–Crippen MR) is 115 cm³/mol. The van der Waals surface area contributed by atoms with Gasteiger partial charge in [-0.1, -0.05) is 35.0 Å². The monoisotopic (exact) mass is 455 g/mol. The number of aliphatic carboxylic acids is 1. The number of anilines is 2. The Balaban J connectivity index is 1.73. The van der Waals surface area contributed by atoms with E-state index < -0.39 is 18.2 Å². The van der Waals surface area contributed by atoms with E-state index in [4.69, 9.17) is 26.0 Å². The Morgan fingerprint density at radius 2 is 2.09 bits per heavy atom. The van der Waals surface area contributed by atoms with E-state index in [2.05, 4.69) is 20.8 Å². The van der Waals surface area contributed by atoms with Gasteiger partial charge in [-0.15, -0.1) is 0 Å². The molecule has 0 aliphatic rings. The lowest BCUT2D eigenvalue weighted by Gasteiger charge is -2.15. The van der Waals surface area contributed by atoms with Gasteiger partial charge in [0.05, 0.1) is 6.42 Å². The number of carbonyl (C=O) groups excluding carboxylic acids is 1. The minimum absolute atomic E-state index is 0.0391. The summed E-state index contributed by atoms with van der Waals surface area (Å²) in [6.07, 6.45) is -0.0818. The summed E-state index contributed by atoms with van der Waals surface area (Å²) < 4.78 is 10.6. The molecule has 2 heterocycles. The number of carboxylic acid groups (broad SMARTS) is 1. The first-order chi connectivity index (χ1) is 15.4. The van der Waals surface area contributed by atoms with Crippen LogP contribution in [-0.4, -0.2) is 33.9 Å². The van der Waals surface area contributed by atoms with Crippen molar-refractivity contribution in [1.82, 2.24) is 10.1 Å². The number of carboxylic acids is 1. The first-order valence-corrected chi connectivity index (χ1v) is 9.80. The molecule has 0 saturated carbocycles. The van der Waals surface area contributed by atoms with E-state index in [0.717, 1.165) is 0 Å². The lowest BCUT2D eigenvalue weighted by molar-refractivity contribution is -0.136. The quantitative estimate of drug-likeness (QED) is 0.447. The van der Waals surface area contributed by atoms with E-state index in [9.17, 15) is 14.9 Å². The Hall–Kier alpha value is -4.10. The van der Waals surface area contributed by atoms with Gasteiger partial charge < -0.3 is 19.7 Å². The van der Waals surface area contributed by atoms with Gasteiger partial charge in [0, 0.05) is 28.9 Å². The van der Waals surface area contributed by atoms with Gasteiger partial charge >= 0.3 is 12.1 Å². The molecular formula is C21H18ClN5O5. The third-order valence-electron chi connectivity index (χ3n) is 4.32. The first kappa shape index (κ1) is 22.6. The summed E-state index contributed by atoms with van der Waals surface area (Å²) in [5.74, 6) is -0.350. The van der Waals surface area contributed by atoms with Crippen LogP contribution in [0.3, 0.4) is 0 Å². The summed E-state index contributed by atoms with van der Waals surface area (Å²) in [5.41, 5.74) is 0.978. The van der Waals surface area contributed by atoms with Gasteiger partial charge in [-0.2, -0.15) is 5.26 Å². The van der Waals surface area contributed by atoms with Gasteiger partial charge in [0.2, 0.25) is 5.69 Å². The molecule has 0 aliphatic heterocycles. The van der Waals surface area contributed by atoms with Crippen molar-refractivity contribution >= 4 is 35.2 Å². The Labute approximate surface area is 187 Å². The molecule has 0 bridgehead atoms. The highest BCUT2D eigenvalue weighted by Crippen LogP contribution is 2.32. The van der Waals surface area contributed by atoms with Gasteiger partial charge in [-0.25, -0.2) is 9.78 Å². The first-order valence-electron chi connectivity index (χ1n) is 9.43. The Morgan fingerprint density at radius 1 is 1.31 bits per heavy atom. The van der Waals surface area contributed by atoms with E-state index in [1.165, 1.54) is 6.20 Å². The molecule has 0 radical (unpaired) electrons. The number of nitrogens with one attached hydrogen (secondary N) is 2.